The molecule has 0 aliphatic carbocycles. The van der Waals surface area contributed by atoms with Crippen LogP contribution in [-0.4, -0.2) is 44.8 Å². The predicted molar refractivity (Wildman–Crippen MR) is 113 cm³/mol. The van der Waals surface area contributed by atoms with Crippen LogP contribution in [0.1, 0.15) is 23.7 Å². The molecule has 1 aromatic carbocycles. The number of anilines is 2. The number of pyridine rings is 1. The van der Waals surface area contributed by atoms with Crippen molar-refractivity contribution in [3.8, 4) is 5.82 Å². The first-order valence-corrected chi connectivity index (χ1v) is 11.1. The normalized spacial score (nSPS) is 11.6. The first-order valence-electron chi connectivity index (χ1n) is 9.41. The maximum Gasteiger partial charge on any atom is 0.261 e. The van der Waals surface area contributed by atoms with Crippen LogP contribution in [0.4, 0.5) is 20.2 Å². The second kappa shape index (κ2) is 8.34. The van der Waals surface area contributed by atoms with Gasteiger partial charge in [-0.25, -0.2) is 27.2 Å². The van der Waals surface area contributed by atoms with Crippen LogP contribution in [0.3, 0.4) is 0 Å². The molecule has 0 aliphatic heterocycles. The summed E-state index contributed by atoms with van der Waals surface area (Å²) in [6.07, 6.45) is 6.34. The molecule has 4 rings (SSSR count). The first kappa shape index (κ1) is 21.4. The highest BCUT2D eigenvalue weighted by Crippen LogP contribution is 2.25. The topological polar surface area (TPSA) is 135 Å². The molecule has 3 heterocycles. The summed E-state index contributed by atoms with van der Waals surface area (Å²) < 4.78 is 56.7. The average Bonchev–Trinajstić information content (AvgIpc) is 3.39. The molecular formula is C19H17F2N7O3S. The third-order valence-corrected chi connectivity index (χ3v) is 5.94. The van der Waals surface area contributed by atoms with Crippen molar-refractivity contribution in [3.63, 3.8) is 0 Å². The van der Waals surface area contributed by atoms with E-state index in [9.17, 15) is 22.0 Å². The molecule has 13 heteroatoms. The summed E-state index contributed by atoms with van der Waals surface area (Å²) in [5, 5.41) is 9.80. The van der Waals surface area contributed by atoms with Gasteiger partial charge in [-0.2, -0.15) is 5.10 Å². The van der Waals surface area contributed by atoms with Crippen molar-refractivity contribution in [2.75, 3.05) is 15.8 Å². The van der Waals surface area contributed by atoms with E-state index in [4.69, 9.17) is 0 Å². The average molecular weight is 461 g/mol. The van der Waals surface area contributed by atoms with Crippen molar-refractivity contribution < 1.29 is 22.0 Å². The molecule has 1 amide bonds. The molecule has 0 unspecified atom stereocenters. The second-order valence-electron chi connectivity index (χ2n) is 6.80. The Morgan fingerprint density at radius 2 is 2.09 bits per heavy atom. The zero-order valence-electron chi connectivity index (χ0n) is 16.6. The molecule has 0 saturated carbocycles. The summed E-state index contributed by atoms with van der Waals surface area (Å²) >= 11 is 0. The Labute approximate surface area is 180 Å². The number of rotatable bonds is 7. The quantitative estimate of drug-likeness (QED) is 0.387. The van der Waals surface area contributed by atoms with Gasteiger partial charge in [-0.15, -0.1) is 0 Å². The Balaban J connectivity index is 1.65. The van der Waals surface area contributed by atoms with Gasteiger partial charge in [0.15, 0.2) is 17.3 Å². The number of hydrogen-bond acceptors (Lipinski definition) is 6. The van der Waals surface area contributed by atoms with Crippen LogP contribution in [0.5, 0.6) is 0 Å². The number of amides is 1. The third kappa shape index (κ3) is 4.14. The molecule has 3 N–H and O–H groups in total. The SMILES string of the molecule is CCCS(=O)(=O)Nc1ccc(F)c(C(=O)Nc2cnc3[nH]nc(-n4ccnc4)c3c2)c1F. The number of carbonyl (C=O) groups is 1. The van der Waals surface area contributed by atoms with Gasteiger partial charge in [0.05, 0.1) is 28.7 Å². The Morgan fingerprint density at radius 3 is 2.81 bits per heavy atom. The number of imidazole rings is 1. The highest BCUT2D eigenvalue weighted by Gasteiger charge is 2.23. The van der Waals surface area contributed by atoms with Crippen LogP contribution in [0, 0.1) is 11.6 Å². The lowest BCUT2D eigenvalue weighted by molar-refractivity contribution is 0.101. The molecule has 166 valence electrons. The van der Waals surface area contributed by atoms with Gasteiger partial charge in [0.2, 0.25) is 10.0 Å². The van der Waals surface area contributed by atoms with E-state index in [2.05, 4.69) is 25.5 Å². The number of carbonyl (C=O) groups excluding carboxylic acids is 1. The number of aromatic nitrogens is 5. The Hall–Kier alpha value is -3.87. The van der Waals surface area contributed by atoms with Crippen molar-refractivity contribution in [1.82, 2.24) is 24.7 Å². The number of nitrogens with one attached hydrogen (secondary N) is 3. The minimum absolute atomic E-state index is 0.154. The molecule has 32 heavy (non-hydrogen) atoms. The first-order chi connectivity index (χ1) is 15.3. The smallest absolute Gasteiger partial charge is 0.261 e. The fraction of sp³-hybridized carbons (Fsp3) is 0.158. The molecule has 3 aromatic heterocycles. The molecule has 0 bridgehead atoms. The number of H-pyrrole nitrogens is 1. The zero-order chi connectivity index (χ0) is 22.9. The number of halogens is 2. The summed E-state index contributed by atoms with van der Waals surface area (Å²) in [4.78, 5) is 20.7. The van der Waals surface area contributed by atoms with Gasteiger partial charge in [0.1, 0.15) is 17.7 Å². The van der Waals surface area contributed by atoms with Crippen LogP contribution in [-0.2, 0) is 10.0 Å². The van der Waals surface area contributed by atoms with Crippen molar-refractivity contribution in [1.29, 1.82) is 0 Å². The van der Waals surface area contributed by atoms with Crippen molar-refractivity contribution in [2.24, 2.45) is 0 Å². The molecule has 0 saturated heterocycles. The fourth-order valence-electron chi connectivity index (χ4n) is 3.06. The molecule has 0 radical (unpaired) electrons. The van der Waals surface area contributed by atoms with Crippen LogP contribution < -0.4 is 10.0 Å². The van der Waals surface area contributed by atoms with Crippen LogP contribution >= 0.6 is 0 Å². The second-order valence-corrected chi connectivity index (χ2v) is 8.64. The maximum atomic E-state index is 14.8. The molecule has 10 nitrogen and oxygen atoms in total. The van der Waals surface area contributed by atoms with Gasteiger partial charge in [-0.05, 0) is 24.6 Å². The molecule has 0 fully saturated rings. The Morgan fingerprint density at radius 1 is 1.28 bits per heavy atom. The van der Waals surface area contributed by atoms with Crippen LogP contribution in [0.25, 0.3) is 16.9 Å². The summed E-state index contributed by atoms with van der Waals surface area (Å²) in [7, 11) is -3.84. The number of benzene rings is 1. The number of hydrogen-bond donors (Lipinski definition) is 3. The van der Waals surface area contributed by atoms with Gasteiger partial charge >= 0.3 is 0 Å². The highest BCUT2D eigenvalue weighted by molar-refractivity contribution is 7.92. The maximum absolute atomic E-state index is 14.8. The van der Waals surface area contributed by atoms with E-state index in [0.29, 0.717) is 23.3 Å². The lowest BCUT2D eigenvalue weighted by atomic mass is 10.1. The summed E-state index contributed by atoms with van der Waals surface area (Å²) in [6, 6.07) is 3.27. The predicted octanol–water partition coefficient (Wildman–Crippen LogP) is 2.83. The number of sulfonamides is 1. The monoisotopic (exact) mass is 461 g/mol. The van der Waals surface area contributed by atoms with Crippen molar-refractivity contribution >= 4 is 38.3 Å². The molecule has 0 atom stereocenters. The highest BCUT2D eigenvalue weighted by atomic mass is 32.2. The van der Waals surface area contributed by atoms with E-state index in [1.54, 1.807) is 23.9 Å². The van der Waals surface area contributed by atoms with E-state index in [-0.39, 0.29) is 11.4 Å². The number of aromatic amines is 1. The van der Waals surface area contributed by atoms with E-state index in [1.165, 1.54) is 18.6 Å². The van der Waals surface area contributed by atoms with E-state index in [1.807, 2.05) is 4.72 Å². The van der Waals surface area contributed by atoms with Gasteiger partial charge in [0.25, 0.3) is 5.91 Å². The van der Waals surface area contributed by atoms with Gasteiger partial charge < -0.3 is 5.32 Å². The molecule has 0 spiro atoms. The van der Waals surface area contributed by atoms with Crippen LogP contribution in [0.2, 0.25) is 0 Å². The van der Waals surface area contributed by atoms with Crippen molar-refractivity contribution in [2.45, 2.75) is 13.3 Å². The number of nitrogens with zero attached hydrogens (tertiary/aromatic N) is 4. The minimum atomic E-state index is -3.84. The van der Waals surface area contributed by atoms with E-state index >= 15 is 0 Å². The zero-order valence-corrected chi connectivity index (χ0v) is 17.4. The summed E-state index contributed by atoms with van der Waals surface area (Å²) in [5.41, 5.74) is -0.864. The summed E-state index contributed by atoms with van der Waals surface area (Å²) in [6.45, 7) is 1.64. The van der Waals surface area contributed by atoms with E-state index < -0.39 is 38.8 Å². The standard InChI is InChI=1S/C19H17F2N7O3S/c1-2-7-32(30,31)27-14-4-3-13(20)15(16(14)21)19(29)24-11-8-12-17(23-9-11)25-26-18(12)28-6-5-22-10-28/h3-6,8-10,27H,2,7H2,1H3,(H,24,29)(H,23,25,26). The molecule has 4 aromatic rings. The van der Waals surface area contributed by atoms with Crippen molar-refractivity contribution in [3.05, 3.63) is 60.3 Å². The molecular weight excluding hydrogens is 444 g/mol. The third-order valence-electron chi connectivity index (χ3n) is 4.46. The number of fused-ring (bicyclic) bond motifs is 1. The minimum Gasteiger partial charge on any atom is -0.320 e. The van der Waals surface area contributed by atoms with Gasteiger partial charge in [-0.1, -0.05) is 6.92 Å². The largest absolute Gasteiger partial charge is 0.320 e. The van der Waals surface area contributed by atoms with Crippen LogP contribution in [0.15, 0.2) is 43.1 Å². The van der Waals surface area contributed by atoms with E-state index in [0.717, 1.165) is 12.1 Å². The lowest BCUT2D eigenvalue weighted by Crippen LogP contribution is -2.20. The Bertz CT molecular complexity index is 1400. The van der Waals surface area contributed by atoms with Gasteiger partial charge in [0, 0.05) is 12.4 Å². The lowest BCUT2D eigenvalue weighted by Gasteiger charge is -2.12. The van der Waals surface area contributed by atoms with Gasteiger partial charge in [-0.3, -0.25) is 19.2 Å². The Kier molecular flexibility index (Phi) is 5.57. The summed E-state index contributed by atoms with van der Waals surface area (Å²) in [5.74, 6) is -3.36. The fourth-order valence-corrected chi connectivity index (χ4v) is 4.19. The molecule has 0 aliphatic rings.